The van der Waals surface area contributed by atoms with Crippen molar-refractivity contribution in [3.05, 3.63) is 24.2 Å². The minimum Gasteiger partial charge on any atom is -0.469 e. The average Bonchev–Trinajstić information content (AvgIpc) is 2.86. The normalized spacial score (nSPS) is 20.1. The molecule has 1 saturated carbocycles. The third-order valence-corrected chi connectivity index (χ3v) is 4.52. The van der Waals surface area contributed by atoms with Gasteiger partial charge in [-0.15, -0.1) is 0 Å². The summed E-state index contributed by atoms with van der Waals surface area (Å²) < 4.78 is 5.89. The molecule has 0 aliphatic heterocycles. The van der Waals surface area contributed by atoms with Crippen molar-refractivity contribution in [1.29, 1.82) is 0 Å². The Morgan fingerprint density at radius 2 is 2.40 bits per heavy atom. The van der Waals surface area contributed by atoms with E-state index in [0.29, 0.717) is 10.8 Å². The highest BCUT2D eigenvalue weighted by molar-refractivity contribution is 8.00. The average molecular weight is 225 g/mol. The summed E-state index contributed by atoms with van der Waals surface area (Å²) in [5.74, 6) is 1.07. The van der Waals surface area contributed by atoms with Gasteiger partial charge < -0.3 is 9.73 Å². The third-order valence-electron chi connectivity index (χ3n) is 3.10. The van der Waals surface area contributed by atoms with Gasteiger partial charge in [0.1, 0.15) is 5.76 Å². The van der Waals surface area contributed by atoms with Crippen molar-refractivity contribution in [2.75, 3.05) is 12.8 Å². The monoisotopic (exact) mass is 225 g/mol. The summed E-state index contributed by atoms with van der Waals surface area (Å²) in [6.45, 7) is 3.36. The molecule has 1 aromatic rings. The minimum atomic E-state index is 0.501. The summed E-state index contributed by atoms with van der Waals surface area (Å²) >= 11 is 2.00. The maximum absolute atomic E-state index is 5.33. The second-order valence-electron chi connectivity index (χ2n) is 4.45. The molecule has 1 aliphatic carbocycles. The van der Waals surface area contributed by atoms with E-state index in [1.54, 1.807) is 6.26 Å². The molecular formula is C12H19NOS. The lowest BCUT2D eigenvalue weighted by atomic mass is 10.2. The van der Waals surface area contributed by atoms with Crippen molar-refractivity contribution in [1.82, 2.24) is 5.32 Å². The molecule has 1 N–H and O–H groups in total. The van der Waals surface area contributed by atoms with Crippen molar-refractivity contribution in [2.24, 2.45) is 0 Å². The zero-order valence-corrected chi connectivity index (χ0v) is 10.3. The van der Waals surface area contributed by atoms with E-state index >= 15 is 0 Å². The van der Waals surface area contributed by atoms with Crippen molar-refractivity contribution < 1.29 is 4.42 Å². The summed E-state index contributed by atoms with van der Waals surface area (Å²) in [5.41, 5.74) is 0. The Morgan fingerprint density at radius 1 is 1.60 bits per heavy atom. The second kappa shape index (κ2) is 4.62. The van der Waals surface area contributed by atoms with Gasteiger partial charge in [0.15, 0.2) is 0 Å². The van der Waals surface area contributed by atoms with Gasteiger partial charge in [0.25, 0.3) is 0 Å². The van der Waals surface area contributed by atoms with Gasteiger partial charge in [-0.2, -0.15) is 11.8 Å². The molecule has 1 unspecified atom stereocenters. The van der Waals surface area contributed by atoms with Gasteiger partial charge in [-0.05, 0) is 38.2 Å². The number of rotatable bonds is 6. The van der Waals surface area contributed by atoms with Gasteiger partial charge in [-0.1, -0.05) is 0 Å². The number of hydrogen-bond donors (Lipinski definition) is 1. The molecule has 15 heavy (non-hydrogen) atoms. The Morgan fingerprint density at radius 3 is 2.93 bits per heavy atom. The molecule has 0 radical (unpaired) electrons. The van der Waals surface area contributed by atoms with E-state index < -0.39 is 0 Å². The Labute approximate surface area is 95.8 Å². The molecule has 1 aromatic heterocycles. The fraction of sp³-hybridized carbons (Fsp3) is 0.667. The quantitative estimate of drug-likeness (QED) is 0.806. The van der Waals surface area contributed by atoms with Crippen LogP contribution in [-0.2, 0) is 6.42 Å². The first-order valence-electron chi connectivity index (χ1n) is 5.55. The number of thioether (sulfide) groups is 1. The number of hydrogen-bond acceptors (Lipinski definition) is 3. The Balaban J connectivity index is 1.71. The highest BCUT2D eigenvalue weighted by atomic mass is 32.2. The molecule has 0 aromatic carbocycles. The lowest BCUT2D eigenvalue weighted by Crippen LogP contribution is -2.34. The van der Waals surface area contributed by atoms with Crippen LogP contribution < -0.4 is 5.32 Å². The zero-order chi connectivity index (χ0) is 10.7. The molecule has 1 fully saturated rings. The van der Waals surface area contributed by atoms with Gasteiger partial charge in [-0.3, -0.25) is 0 Å². The van der Waals surface area contributed by atoms with Gasteiger partial charge in [0.2, 0.25) is 0 Å². The van der Waals surface area contributed by atoms with Crippen LogP contribution in [0.1, 0.15) is 25.5 Å². The summed E-state index contributed by atoms with van der Waals surface area (Å²) in [6, 6.07) is 4.49. The number of furan rings is 1. The topological polar surface area (TPSA) is 25.2 Å². The summed E-state index contributed by atoms with van der Waals surface area (Å²) in [5, 5.41) is 3.59. The Hall–Kier alpha value is -0.410. The first-order valence-corrected chi connectivity index (χ1v) is 6.77. The van der Waals surface area contributed by atoms with Crippen molar-refractivity contribution in [3.8, 4) is 0 Å². The fourth-order valence-electron chi connectivity index (χ4n) is 1.76. The van der Waals surface area contributed by atoms with Crippen LogP contribution in [-0.4, -0.2) is 23.6 Å². The summed E-state index contributed by atoms with van der Waals surface area (Å²) in [6.07, 6.45) is 7.68. The van der Waals surface area contributed by atoms with Crippen LogP contribution in [0.25, 0.3) is 0 Å². The zero-order valence-electron chi connectivity index (χ0n) is 9.45. The molecule has 1 atom stereocenters. The molecule has 0 spiro atoms. The van der Waals surface area contributed by atoms with Crippen LogP contribution >= 0.6 is 11.8 Å². The molecule has 2 nitrogen and oxygen atoms in total. The van der Waals surface area contributed by atoms with Crippen LogP contribution in [0.15, 0.2) is 22.8 Å². The molecule has 0 amide bonds. The van der Waals surface area contributed by atoms with Gasteiger partial charge in [-0.25, -0.2) is 0 Å². The third kappa shape index (κ3) is 3.02. The maximum Gasteiger partial charge on any atom is 0.105 e. The van der Waals surface area contributed by atoms with E-state index in [2.05, 4.69) is 18.5 Å². The van der Waals surface area contributed by atoms with Gasteiger partial charge >= 0.3 is 0 Å². The largest absolute Gasteiger partial charge is 0.469 e. The van der Waals surface area contributed by atoms with E-state index in [1.807, 2.05) is 23.9 Å². The lowest BCUT2D eigenvalue weighted by Gasteiger charge is -2.17. The van der Waals surface area contributed by atoms with Crippen molar-refractivity contribution >= 4 is 11.8 Å². The SMILES string of the molecule is CSC1(CNC(C)Cc2ccco2)CC1. The van der Waals surface area contributed by atoms with Crippen LogP contribution in [0.5, 0.6) is 0 Å². The van der Waals surface area contributed by atoms with Crippen LogP contribution in [0.2, 0.25) is 0 Å². The Kier molecular flexibility index (Phi) is 3.42. The van der Waals surface area contributed by atoms with Gasteiger partial charge in [0.05, 0.1) is 6.26 Å². The van der Waals surface area contributed by atoms with Crippen LogP contribution in [0, 0.1) is 0 Å². The molecule has 2 rings (SSSR count). The predicted molar refractivity (Wildman–Crippen MR) is 65.4 cm³/mol. The summed E-state index contributed by atoms with van der Waals surface area (Å²) in [7, 11) is 0. The minimum absolute atomic E-state index is 0.501. The second-order valence-corrected chi connectivity index (χ2v) is 5.73. The van der Waals surface area contributed by atoms with E-state index in [4.69, 9.17) is 4.42 Å². The fourth-order valence-corrected chi connectivity index (χ4v) is 2.49. The van der Waals surface area contributed by atoms with E-state index in [9.17, 15) is 0 Å². The first kappa shape index (κ1) is 11.1. The van der Waals surface area contributed by atoms with Crippen LogP contribution in [0.3, 0.4) is 0 Å². The van der Waals surface area contributed by atoms with Crippen LogP contribution in [0.4, 0.5) is 0 Å². The highest BCUT2D eigenvalue weighted by Gasteiger charge is 2.41. The smallest absolute Gasteiger partial charge is 0.105 e. The Bertz CT molecular complexity index is 293. The molecule has 0 saturated heterocycles. The molecule has 1 aliphatic rings. The molecule has 0 bridgehead atoms. The van der Waals surface area contributed by atoms with Crippen molar-refractivity contribution in [2.45, 2.75) is 37.0 Å². The highest BCUT2D eigenvalue weighted by Crippen LogP contribution is 2.46. The molecule has 1 heterocycles. The standard InChI is InChI=1S/C12H19NOS/c1-10(8-11-4-3-7-14-11)13-9-12(15-2)5-6-12/h3-4,7,10,13H,5-6,8-9H2,1-2H3. The van der Waals surface area contributed by atoms with E-state index in [0.717, 1.165) is 18.7 Å². The maximum atomic E-state index is 5.33. The van der Waals surface area contributed by atoms with Gasteiger partial charge in [0, 0.05) is 23.8 Å². The first-order chi connectivity index (χ1) is 7.24. The van der Waals surface area contributed by atoms with E-state index in [1.165, 1.54) is 12.8 Å². The summed E-state index contributed by atoms with van der Waals surface area (Å²) in [4.78, 5) is 0. The molecule has 84 valence electrons. The molecular weight excluding hydrogens is 206 g/mol. The lowest BCUT2D eigenvalue weighted by molar-refractivity contribution is 0.455. The van der Waals surface area contributed by atoms with Crippen molar-refractivity contribution in [3.63, 3.8) is 0 Å². The molecule has 3 heteroatoms. The number of nitrogens with one attached hydrogen (secondary N) is 1. The predicted octanol–water partition coefficient (Wildman–Crippen LogP) is 2.70. The van der Waals surface area contributed by atoms with E-state index in [-0.39, 0.29) is 0 Å².